The Bertz CT molecular complexity index is 885. The summed E-state index contributed by atoms with van der Waals surface area (Å²) in [6.45, 7) is 1.99. The van der Waals surface area contributed by atoms with Crippen LogP contribution in [0.1, 0.15) is 45.4 Å². The van der Waals surface area contributed by atoms with E-state index in [1.807, 2.05) is 6.92 Å². The quantitative estimate of drug-likeness (QED) is 0.828. The van der Waals surface area contributed by atoms with E-state index < -0.39 is 19.9 Å². The number of hydrogen-bond donors (Lipinski definition) is 1. The zero-order valence-electron chi connectivity index (χ0n) is 15.3. The van der Waals surface area contributed by atoms with Crippen LogP contribution in [0.3, 0.4) is 0 Å². The van der Waals surface area contributed by atoms with Gasteiger partial charge in [-0.2, -0.15) is 0 Å². The molecule has 5 rings (SSSR count). The van der Waals surface area contributed by atoms with E-state index in [-0.39, 0.29) is 21.2 Å². The van der Waals surface area contributed by atoms with Crippen molar-refractivity contribution in [2.45, 2.75) is 61.3 Å². The predicted molar refractivity (Wildman–Crippen MR) is 99.9 cm³/mol. The summed E-state index contributed by atoms with van der Waals surface area (Å²) in [7, 11) is -7.19. The van der Waals surface area contributed by atoms with Gasteiger partial charge in [0.1, 0.15) is 0 Å². The molecule has 0 saturated heterocycles. The van der Waals surface area contributed by atoms with Crippen LogP contribution in [-0.2, 0) is 19.9 Å². The molecule has 4 aliphatic rings. The van der Waals surface area contributed by atoms with E-state index in [1.54, 1.807) is 0 Å². The van der Waals surface area contributed by atoms with Gasteiger partial charge in [0.25, 0.3) is 0 Å². The van der Waals surface area contributed by atoms with Crippen LogP contribution in [0, 0.1) is 23.2 Å². The number of sulfone groups is 1. The minimum atomic E-state index is -3.75. The SMILES string of the molecule is CC(NS(=O)(=O)c1cccc(S(C)(=O)=O)c1)C12CC3CC(CC(C3)C1)C2. The Morgan fingerprint density at radius 2 is 1.46 bits per heavy atom. The molecule has 1 unspecified atom stereocenters. The van der Waals surface area contributed by atoms with Gasteiger partial charge in [-0.05, 0) is 86.8 Å². The maximum Gasteiger partial charge on any atom is 0.240 e. The van der Waals surface area contributed by atoms with E-state index in [0.717, 1.165) is 43.3 Å². The highest BCUT2D eigenvalue weighted by Gasteiger charge is 2.53. The van der Waals surface area contributed by atoms with E-state index in [4.69, 9.17) is 0 Å². The average molecular weight is 398 g/mol. The molecule has 1 aromatic carbocycles. The normalized spacial score (nSPS) is 34.8. The second-order valence-electron chi connectivity index (χ2n) is 8.87. The van der Waals surface area contributed by atoms with Crippen molar-refractivity contribution < 1.29 is 16.8 Å². The highest BCUT2D eigenvalue weighted by molar-refractivity contribution is 7.91. The lowest BCUT2D eigenvalue weighted by Gasteiger charge is -2.59. The molecule has 0 spiro atoms. The molecule has 144 valence electrons. The largest absolute Gasteiger partial charge is 0.240 e. The van der Waals surface area contributed by atoms with Crippen molar-refractivity contribution >= 4 is 19.9 Å². The van der Waals surface area contributed by atoms with E-state index >= 15 is 0 Å². The first-order valence-corrected chi connectivity index (χ1v) is 12.8. The fraction of sp³-hybridized carbons (Fsp3) is 0.684. The molecule has 1 atom stereocenters. The Hall–Kier alpha value is -0.920. The first-order valence-electron chi connectivity index (χ1n) is 9.40. The van der Waals surface area contributed by atoms with Crippen LogP contribution in [0.2, 0.25) is 0 Å². The number of rotatable bonds is 5. The second-order valence-corrected chi connectivity index (χ2v) is 12.6. The molecule has 1 N–H and O–H groups in total. The molecule has 5 nitrogen and oxygen atoms in total. The lowest BCUT2D eigenvalue weighted by atomic mass is 9.48. The van der Waals surface area contributed by atoms with Gasteiger partial charge in [-0.15, -0.1) is 0 Å². The molecule has 0 aliphatic heterocycles. The maximum absolute atomic E-state index is 12.9. The van der Waals surface area contributed by atoms with Crippen molar-refractivity contribution in [2.24, 2.45) is 23.2 Å². The lowest BCUT2D eigenvalue weighted by Crippen LogP contribution is -2.55. The van der Waals surface area contributed by atoms with Gasteiger partial charge < -0.3 is 0 Å². The van der Waals surface area contributed by atoms with Crippen molar-refractivity contribution in [3.63, 3.8) is 0 Å². The molecule has 7 heteroatoms. The minimum Gasteiger partial charge on any atom is -0.224 e. The van der Waals surface area contributed by atoms with Gasteiger partial charge in [0.15, 0.2) is 9.84 Å². The van der Waals surface area contributed by atoms with E-state index in [2.05, 4.69) is 4.72 Å². The van der Waals surface area contributed by atoms with Crippen LogP contribution in [0.5, 0.6) is 0 Å². The maximum atomic E-state index is 12.9. The van der Waals surface area contributed by atoms with Crippen LogP contribution in [-0.4, -0.2) is 29.1 Å². The molecule has 4 fully saturated rings. The summed E-state index contributed by atoms with van der Waals surface area (Å²) in [4.78, 5) is 0.0554. The predicted octanol–water partition coefficient (Wildman–Crippen LogP) is 2.97. The topological polar surface area (TPSA) is 80.3 Å². The van der Waals surface area contributed by atoms with Crippen LogP contribution >= 0.6 is 0 Å². The molecular weight excluding hydrogens is 370 g/mol. The van der Waals surface area contributed by atoms with Gasteiger partial charge in [0, 0.05) is 12.3 Å². The zero-order chi connectivity index (χ0) is 18.7. The zero-order valence-corrected chi connectivity index (χ0v) is 16.9. The van der Waals surface area contributed by atoms with E-state index in [9.17, 15) is 16.8 Å². The van der Waals surface area contributed by atoms with Crippen molar-refractivity contribution in [3.8, 4) is 0 Å². The monoisotopic (exact) mass is 397 g/mol. The molecule has 4 saturated carbocycles. The average Bonchev–Trinajstić information content (AvgIpc) is 2.52. The molecule has 1 aromatic rings. The van der Waals surface area contributed by atoms with Gasteiger partial charge in [0.05, 0.1) is 9.79 Å². The van der Waals surface area contributed by atoms with E-state index in [1.165, 1.54) is 43.5 Å². The second kappa shape index (κ2) is 6.04. The smallest absolute Gasteiger partial charge is 0.224 e. The summed E-state index contributed by atoms with van der Waals surface area (Å²) in [6, 6.07) is 5.49. The molecule has 0 radical (unpaired) electrons. The van der Waals surface area contributed by atoms with Gasteiger partial charge in [-0.1, -0.05) is 6.07 Å². The molecule has 0 amide bonds. The summed E-state index contributed by atoms with van der Waals surface area (Å²) in [5.41, 5.74) is 0.0657. The van der Waals surface area contributed by atoms with Gasteiger partial charge in [-0.25, -0.2) is 21.6 Å². The highest BCUT2D eigenvalue weighted by Crippen LogP contribution is 2.61. The van der Waals surface area contributed by atoms with Crippen LogP contribution in [0.25, 0.3) is 0 Å². The Morgan fingerprint density at radius 3 is 1.96 bits per heavy atom. The number of hydrogen-bond acceptors (Lipinski definition) is 4. The van der Waals surface area contributed by atoms with Crippen LogP contribution in [0.4, 0.5) is 0 Å². The summed E-state index contributed by atoms with van der Waals surface area (Å²) in [5.74, 6) is 2.25. The first-order chi connectivity index (χ1) is 12.1. The third-order valence-corrected chi connectivity index (χ3v) is 9.53. The summed E-state index contributed by atoms with van der Waals surface area (Å²) in [5, 5.41) is 0. The molecule has 26 heavy (non-hydrogen) atoms. The molecule has 0 heterocycles. The number of sulfonamides is 1. The summed E-state index contributed by atoms with van der Waals surface area (Å²) >= 11 is 0. The van der Waals surface area contributed by atoms with Crippen molar-refractivity contribution in [3.05, 3.63) is 24.3 Å². The van der Waals surface area contributed by atoms with E-state index in [0.29, 0.717) is 0 Å². The minimum absolute atomic E-state index is 0.0250. The first kappa shape index (κ1) is 18.4. The third kappa shape index (κ3) is 3.22. The van der Waals surface area contributed by atoms with Crippen molar-refractivity contribution in [2.75, 3.05) is 6.26 Å². The van der Waals surface area contributed by atoms with Crippen molar-refractivity contribution in [1.29, 1.82) is 0 Å². The van der Waals surface area contributed by atoms with Crippen LogP contribution in [0.15, 0.2) is 34.1 Å². The number of benzene rings is 1. The summed E-state index contributed by atoms with van der Waals surface area (Å²) in [6.07, 6.45) is 8.38. The highest BCUT2D eigenvalue weighted by atomic mass is 32.2. The Balaban J connectivity index is 1.58. The summed E-state index contributed by atoms with van der Waals surface area (Å²) < 4.78 is 52.2. The standard InChI is InChI=1S/C19H27NO4S2/c1-13(19-10-14-6-15(11-19)8-16(7-14)12-19)20-26(23,24)18-5-3-4-17(9-18)25(2,21)22/h3-5,9,13-16,20H,6-8,10-12H2,1-2H3. The van der Waals surface area contributed by atoms with Crippen LogP contribution < -0.4 is 4.72 Å². The molecule has 4 aliphatic carbocycles. The fourth-order valence-electron chi connectivity index (χ4n) is 6.01. The third-order valence-electron chi connectivity index (χ3n) is 6.88. The number of nitrogens with one attached hydrogen (secondary N) is 1. The fourth-order valence-corrected chi connectivity index (χ4v) is 8.14. The lowest BCUT2D eigenvalue weighted by molar-refractivity contribution is -0.0666. The Labute approximate surface area is 156 Å². The van der Waals surface area contributed by atoms with Crippen molar-refractivity contribution in [1.82, 2.24) is 4.72 Å². The molecular formula is C19H27NO4S2. The Kier molecular flexibility index (Phi) is 4.29. The van der Waals surface area contributed by atoms with Gasteiger partial charge >= 0.3 is 0 Å². The molecule has 0 aromatic heterocycles. The molecule has 4 bridgehead atoms. The van der Waals surface area contributed by atoms with Gasteiger partial charge in [0.2, 0.25) is 10.0 Å². The Morgan fingerprint density at radius 1 is 0.962 bits per heavy atom. The van der Waals surface area contributed by atoms with Gasteiger partial charge in [-0.3, -0.25) is 0 Å².